The molecule has 1 aromatic heterocycles. The lowest BCUT2D eigenvalue weighted by Gasteiger charge is -2.22. The number of fused-ring (bicyclic) bond motifs is 2. The number of rotatable bonds is 8. The van der Waals surface area contributed by atoms with E-state index < -0.39 is 0 Å². The van der Waals surface area contributed by atoms with E-state index in [1.165, 1.54) is 37.8 Å². The van der Waals surface area contributed by atoms with Crippen molar-refractivity contribution >= 4 is 27.6 Å². The summed E-state index contributed by atoms with van der Waals surface area (Å²) in [7, 11) is 1.87. The van der Waals surface area contributed by atoms with Gasteiger partial charge in [0.05, 0.1) is 16.4 Å². The van der Waals surface area contributed by atoms with E-state index in [0.717, 1.165) is 28.0 Å². The van der Waals surface area contributed by atoms with E-state index >= 15 is 0 Å². The van der Waals surface area contributed by atoms with E-state index in [1.54, 1.807) is 23.0 Å². The third-order valence-corrected chi connectivity index (χ3v) is 7.52. The lowest BCUT2D eigenvalue weighted by Crippen LogP contribution is -2.32. The Morgan fingerprint density at radius 2 is 1.94 bits per heavy atom. The molecule has 2 amide bonds. The number of aryl methyl sites for hydroxylation is 1. The van der Waals surface area contributed by atoms with E-state index in [-0.39, 0.29) is 18.4 Å². The van der Waals surface area contributed by atoms with Crippen molar-refractivity contribution in [1.82, 2.24) is 20.0 Å². The highest BCUT2D eigenvalue weighted by Gasteiger charge is 2.38. The van der Waals surface area contributed by atoms with E-state index in [4.69, 9.17) is 4.74 Å². The monoisotopic (exact) mass is 541 g/mol. The van der Waals surface area contributed by atoms with Gasteiger partial charge in [0.15, 0.2) is 0 Å². The van der Waals surface area contributed by atoms with Crippen LogP contribution in [0.2, 0.25) is 0 Å². The van der Waals surface area contributed by atoms with Gasteiger partial charge in [-0.25, -0.2) is 9.18 Å². The summed E-state index contributed by atoms with van der Waals surface area (Å²) in [5.74, 6) is 0.413. The number of carbonyl (C=O) groups excluding carboxylic acids is 1. The highest BCUT2D eigenvalue weighted by atomic mass is 79.9. The van der Waals surface area contributed by atoms with Gasteiger partial charge in [-0.1, -0.05) is 12.1 Å². The van der Waals surface area contributed by atoms with Gasteiger partial charge in [-0.3, -0.25) is 9.58 Å². The van der Waals surface area contributed by atoms with Crippen molar-refractivity contribution in [3.63, 3.8) is 0 Å². The molecule has 7 nitrogen and oxygen atoms in total. The molecule has 3 heterocycles. The van der Waals surface area contributed by atoms with Gasteiger partial charge in [0.1, 0.15) is 18.2 Å². The number of halogens is 2. The topological polar surface area (TPSA) is 71.4 Å². The zero-order valence-corrected chi connectivity index (χ0v) is 21.2. The fraction of sp³-hybridized carbons (Fsp3) is 0.385. The molecular weight excluding hydrogens is 513 g/mol. The molecule has 0 radical (unpaired) electrons. The summed E-state index contributed by atoms with van der Waals surface area (Å²) in [6, 6.07) is 12.8. The Hall–Kier alpha value is -2.91. The summed E-state index contributed by atoms with van der Waals surface area (Å²) in [4.78, 5) is 15.1. The molecule has 2 bridgehead atoms. The van der Waals surface area contributed by atoms with Gasteiger partial charge < -0.3 is 15.4 Å². The summed E-state index contributed by atoms with van der Waals surface area (Å²) in [5, 5.41) is 9.97. The van der Waals surface area contributed by atoms with Crippen LogP contribution < -0.4 is 15.4 Å². The van der Waals surface area contributed by atoms with E-state index in [0.29, 0.717) is 29.9 Å². The molecule has 5 rings (SSSR count). The molecule has 0 unspecified atom stereocenters. The van der Waals surface area contributed by atoms with Crippen LogP contribution in [0.25, 0.3) is 11.3 Å². The van der Waals surface area contributed by atoms with Crippen LogP contribution in [-0.4, -0.2) is 45.9 Å². The zero-order valence-electron chi connectivity index (χ0n) is 19.6. The summed E-state index contributed by atoms with van der Waals surface area (Å²) in [6.07, 6.45) is 6.96. The van der Waals surface area contributed by atoms with Gasteiger partial charge in [0, 0.05) is 43.5 Å². The summed E-state index contributed by atoms with van der Waals surface area (Å²) in [6.45, 7) is 1.75. The van der Waals surface area contributed by atoms with Crippen molar-refractivity contribution in [2.75, 3.05) is 18.5 Å². The first kappa shape index (κ1) is 23.8. The van der Waals surface area contributed by atoms with Crippen LogP contribution in [-0.2, 0) is 13.6 Å². The predicted octanol–water partition coefficient (Wildman–Crippen LogP) is 5.32. The van der Waals surface area contributed by atoms with Gasteiger partial charge in [-0.2, -0.15) is 5.10 Å². The number of hydrogen-bond donors (Lipinski definition) is 2. The predicted molar refractivity (Wildman–Crippen MR) is 137 cm³/mol. The minimum absolute atomic E-state index is 0.226. The van der Waals surface area contributed by atoms with Crippen molar-refractivity contribution in [1.29, 1.82) is 0 Å². The molecule has 0 spiro atoms. The number of carbonyl (C=O) groups is 1. The molecule has 0 atom stereocenters. The molecule has 3 aromatic rings. The number of ether oxygens (including phenoxy) is 1. The largest absolute Gasteiger partial charge is 0.492 e. The van der Waals surface area contributed by atoms with Crippen molar-refractivity contribution < 1.29 is 13.9 Å². The molecule has 2 N–H and O–H groups in total. The minimum atomic E-state index is -0.373. The normalized spacial score (nSPS) is 19.2. The number of aromatic nitrogens is 2. The molecule has 2 aromatic carbocycles. The molecule has 9 heteroatoms. The average Bonchev–Trinajstić information content (AvgIpc) is 3.52. The van der Waals surface area contributed by atoms with E-state index in [1.807, 2.05) is 25.2 Å². The summed E-state index contributed by atoms with van der Waals surface area (Å²) in [5.41, 5.74) is 3.01. The standard InChI is InChI=1S/C26H29BrFN5O2/c1-32-25(23(27)16-30-32)22-14-19(31-26(34)29-15-17-3-2-4-18(28)13-17)5-10-24(22)35-12-11-33-20-6-7-21(33)9-8-20/h2-5,10,13-14,16,20-21H,6-9,11-12,15H2,1H3,(H2,29,31,34). The SMILES string of the molecule is Cn1ncc(Br)c1-c1cc(NC(=O)NCc2cccc(F)c2)ccc1OCCN1C2CCC1CC2. The Bertz CT molecular complexity index is 1180. The summed E-state index contributed by atoms with van der Waals surface area (Å²) >= 11 is 3.59. The molecule has 2 saturated heterocycles. The molecule has 0 aliphatic carbocycles. The number of nitrogens with zero attached hydrogens (tertiary/aromatic N) is 3. The smallest absolute Gasteiger partial charge is 0.319 e. The third kappa shape index (κ3) is 5.36. The van der Waals surface area contributed by atoms with Crippen molar-refractivity contribution in [2.45, 2.75) is 44.3 Å². The fourth-order valence-electron chi connectivity index (χ4n) is 5.28. The van der Waals surface area contributed by atoms with Crippen LogP contribution in [0.15, 0.2) is 53.1 Å². The number of benzene rings is 2. The Morgan fingerprint density at radius 1 is 1.17 bits per heavy atom. The highest BCUT2D eigenvalue weighted by molar-refractivity contribution is 9.10. The van der Waals surface area contributed by atoms with E-state index in [2.05, 4.69) is 36.6 Å². The molecular formula is C26H29BrFN5O2. The molecule has 184 valence electrons. The molecule has 35 heavy (non-hydrogen) atoms. The van der Waals surface area contributed by atoms with Crippen molar-refractivity contribution in [2.24, 2.45) is 7.05 Å². The zero-order chi connectivity index (χ0) is 24.4. The number of urea groups is 1. The van der Waals surface area contributed by atoms with Crippen LogP contribution >= 0.6 is 15.9 Å². The van der Waals surface area contributed by atoms with Crippen LogP contribution in [0, 0.1) is 5.82 Å². The van der Waals surface area contributed by atoms with Gasteiger partial charge >= 0.3 is 6.03 Å². The fourth-order valence-corrected chi connectivity index (χ4v) is 5.84. The lowest BCUT2D eigenvalue weighted by molar-refractivity contribution is 0.194. The first-order chi connectivity index (χ1) is 17.0. The Balaban J connectivity index is 1.28. The highest BCUT2D eigenvalue weighted by Crippen LogP contribution is 2.38. The maximum Gasteiger partial charge on any atom is 0.319 e. The van der Waals surface area contributed by atoms with Crippen molar-refractivity contribution in [3.8, 4) is 17.0 Å². The molecule has 2 aliphatic rings. The van der Waals surface area contributed by atoms with Gasteiger partial charge in [-0.15, -0.1) is 0 Å². The quantitative estimate of drug-likeness (QED) is 0.405. The second kappa shape index (κ2) is 10.4. The van der Waals surface area contributed by atoms with Crippen molar-refractivity contribution in [3.05, 3.63) is 64.5 Å². The number of nitrogens with one attached hydrogen (secondary N) is 2. The molecule has 0 saturated carbocycles. The van der Waals surface area contributed by atoms with Gasteiger partial charge in [-0.05, 0) is 77.5 Å². The average molecular weight is 542 g/mol. The Kier molecular flexibility index (Phi) is 7.06. The second-order valence-electron chi connectivity index (χ2n) is 9.16. The Labute approximate surface area is 212 Å². The maximum atomic E-state index is 13.4. The van der Waals surface area contributed by atoms with E-state index in [9.17, 15) is 9.18 Å². The van der Waals surface area contributed by atoms with Crippen LogP contribution in [0.3, 0.4) is 0 Å². The molecule has 2 fully saturated rings. The lowest BCUT2D eigenvalue weighted by atomic mass is 10.0. The van der Waals surface area contributed by atoms with Crippen LogP contribution in [0.1, 0.15) is 31.2 Å². The second-order valence-corrected chi connectivity index (χ2v) is 10.0. The van der Waals surface area contributed by atoms with Gasteiger partial charge in [0.25, 0.3) is 0 Å². The summed E-state index contributed by atoms with van der Waals surface area (Å²) < 4.78 is 22.3. The number of amides is 2. The first-order valence-electron chi connectivity index (χ1n) is 12.0. The first-order valence-corrected chi connectivity index (χ1v) is 12.8. The maximum absolute atomic E-state index is 13.4. The minimum Gasteiger partial charge on any atom is -0.492 e. The Morgan fingerprint density at radius 3 is 2.63 bits per heavy atom. The van der Waals surface area contributed by atoms with Crippen LogP contribution in [0.4, 0.5) is 14.9 Å². The van der Waals surface area contributed by atoms with Gasteiger partial charge in [0.2, 0.25) is 0 Å². The third-order valence-electron chi connectivity index (χ3n) is 6.94. The van der Waals surface area contributed by atoms with Crippen LogP contribution in [0.5, 0.6) is 5.75 Å². The number of hydrogen-bond acceptors (Lipinski definition) is 4. The molecule has 2 aliphatic heterocycles. The number of anilines is 1.